The van der Waals surface area contributed by atoms with E-state index in [0.717, 1.165) is 0 Å². The van der Waals surface area contributed by atoms with Crippen LogP contribution in [0.15, 0.2) is 56.8 Å². The first-order valence-electron chi connectivity index (χ1n) is 12.6. The fraction of sp³-hybridized carbons (Fsp3) is 0.286. The molecular formula is C28H29FN6O4. The predicted octanol–water partition coefficient (Wildman–Crippen LogP) is 2.84. The lowest BCUT2D eigenvalue weighted by atomic mass is 10.1. The Labute approximate surface area is 222 Å². The molecular weight excluding hydrogens is 503 g/mol. The van der Waals surface area contributed by atoms with Crippen LogP contribution in [0.4, 0.5) is 21.6 Å². The molecule has 3 N–H and O–H groups in total. The van der Waals surface area contributed by atoms with Gasteiger partial charge in [-0.25, -0.2) is 9.18 Å². The average molecular weight is 533 g/mol. The monoisotopic (exact) mass is 532 g/mol. The summed E-state index contributed by atoms with van der Waals surface area (Å²) in [7, 11) is 3.15. The summed E-state index contributed by atoms with van der Waals surface area (Å²) in [6.45, 7) is 3.40. The average Bonchev–Trinajstić information content (AvgIpc) is 3.72. The maximum atomic E-state index is 14.9. The smallest absolute Gasteiger partial charge is 0.336 e. The first-order valence-corrected chi connectivity index (χ1v) is 12.6. The normalized spacial score (nSPS) is 13.1. The molecule has 0 aliphatic heterocycles. The van der Waals surface area contributed by atoms with E-state index in [1.54, 1.807) is 51.2 Å². The summed E-state index contributed by atoms with van der Waals surface area (Å²) in [6, 6.07) is 11.0. The predicted molar refractivity (Wildman–Crippen MR) is 149 cm³/mol. The summed E-state index contributed by atoms with van der Waals surface area (Å²) in [6.07, 6.45) is 1.34. The zero-order valence-corrected chi connectivity index (χ0v) is 22.1. The summed E-state index contributed by atoms with van der Waals surface area (Å²) in [5, 5.41) is 8.58. The van der Waals surface area contributed by atoms with Gasteiger partial charge in [-0.15, -0.1) is 0 Å². The Hall–Kier alpha value is -4.51. The SMILES string of the molecule is CNCC(=O)Nc1cccc(-n2c(=O)n(C3CC3)c(=O)c3c(Nc4ccc(C)cc4F)n(C)c(=O)c(C)c32)c1. The van der Waals surface area contributed by atoms with Crippen molar-refractivity contribution in [3.8, 4) is 5.69 Å². The third kappa shape index (κ3) is 4.65. The van der Waals surface area contributed by atoms with Crippen LogP contribution in [0.25, 0.3) is 16.6 Å². The highest BCUT2D eigenvalue weighted by atomic mass is 19.1. The second-order valence-corrected chi connectivity index (χ2v) is 9.82. The highest BCUT2D eigenvalue weighted by molar-refractivity contribution is 5.94. The standard InChI is InChI=1S/C28H29FN6O4/c1-15-8-11-21(20(29)12-15)32-25-23-24(16(2)26(37)33(25)4)34(28(39)35(27(23)38)18-9-10-18)19-7-5-6-17(13-19)31-22(36)14-30-3/h5-8,11-13,18,30,32H,9-10,14H2,1-4H3,(H,31,36). The minimum atomic E-state index is -0.586. The molecule has 39 heavy (non-hydrogen) atoms. The van der Waals surface area contributed by atoms with Crippen LogP contribution in [0.5, 0.6) is 0 Å². The van der Waals surface area contributed by atoms with Crippen molar-refractivity contribution in [2.24, 2.45) is 7.05 Å². The summed E-state index contributed by atoms with van der Waals surface area (Å²) >= 11 is 0. The summed E-state index contributed by atoms with van der Waals surface area (Å²) in [5.74, 6) is -0.738. The van der Waals surface area contributed by atoms with E-state index in [1.165, 1.54) is 32.9 Å². The number of aryl methyl sites for hydroxylation is 2. The molecule has 4 aromatic rings. The van der Waals surface area contributed by atoms with Crippen molar-refractivity contribution in [3.63, 3.8) is 0 Å². The fourth-order valence-electron chi connectivity index (χ4n) is 4.79. The molecule has 2 aromatic carbocycles. The number of hydrogen-bond acceptors (Lipinski definition) is 6. The molecule has 5 rings (SSSR count). The molecule has 0 spiro atoms. The minimum absolute atomic E-state index is 0.0787. The van der Waals surface area contributed by atoms with Gasteiger partial charge in [0.25, 0.3) is 11.1 Å². The van der Waals surface area contributed by atoms with Crippen molar-refractivity contribution in [1.29, 1.82) is 0 Å². The van der Waals surface area contributed by atoms with Crippen molar-refractivity contribution in [2.45, 2.75) is 32.7 Å². The maximum absolute atomic E-state index is 14.9. The Kier molecular flexibility index (Phi) is 6.69. The molecule has 0 unspecified atom stereocenters. The maximum Gasteiger partial charge on any atom is 0.336 e. The van der Waals surface area contributed by atoms with Crippen molar-refractivity contribution in [3.05, 3.63) is 90.6 Å². The van der Waals surface area contributed by atoms with E-state index < -0.39 is 22.6 Å². The van der Waals surface area contributed by atoms with Gasteiger partial charge in [-0.2, -0.15) is 0 Å². The number of benzene rings is 2. The number of hydrogen-bond donors (Lipinski definition) is 3. The Morgan fingerprint density at radius 2 is 1.79 bits per heavy atom. The number of carbonyl (C=O) groups is 1. The van der Waals surface area contributed by atoms with Crippen molar-refractivity contribution < 1.29 is 9.18 Å². The molecule has 0 atom stereocenters. The van der Waals surface area contributed by atoms with Gasteiger partial charge in [0.1, 0.15) is 17.0 Å². The quantitative estimate of drug-likeness (QED) is 0.337. The van der Waals surface area contributed by atoms with E-state index in [4.69, 9.17) is 0 Å². The highest BCUT2D eigenvalue weighted by Gasteiger charge is 2.31. The van der Waals surface area contributed by atoms with Gasteiger partial charge in [0.2, 0.25) is 5.91 Å². The molecule has 0 bridgehead atoms. The van der Waals surface area contributed by atoms with E-state index in [1.807, 2.05) is 0 Å². The van der Waals surface area contributed by atoms with Crippen LogP contribution in [-0.2, 0) is 11.8 Å². The number of nitrogens with one attached hydrogen (secondary N) is 3. The molecule has 0 saturated heterocycles. The molecule has 1 saturated carbocycles. The largest absolute Gasteiger partial charge is 0.338 e. The molecule has 0 radical (unpaired) electrons. The first kappa shape index (κ1) is 26.1. The summed E-state index contributed by atoms with van der Waals surface area (Å²) < 4.78 is 18.6. The Balaban J connectivity index is 1.84. The number of amides is 1. The minimum Gasteiger partial charge on any atom is -0.338 e. The third-order valence-corrected chi connectivity index (χ3v) is 6.86. The van der Waals surface area contributed by atoms with Gasteiger partial charge < -0.3 is 16.0 Å². The van der Waals surface area contributed by atoms with Crippen molar-refractivity contribution >= 4 is 34.0 Å². The Bertz CT molecular complexity index is 1820. The van der Waals surface area contributed by atoms with E-state index in [2.05, 4.69) is 16.0 Å². The van der Waals surface area contributed by atoms with Crippen LogP contribution in [0.2, 0.25) is 0 Å². The van der Waals surface area contributed by atoms with Crippen LogP contribution in [-0.4, -0.2) is 33.2 Å². The summed E-state index contributed by atoms with van der Waals surface area (Å²) in [4.78, 5) is 53.3. The van der Waals surface area contributed by atoms with E-state index in [0.29, 0.717) is 29.8 Å². The number of rotatable bonds is 7. The van der Waals surface area contributed by atoms with E-state index in [9.17, 15) is 23.6 Å². The van der Waals surface area contributed by atoms with Crippen molar-refractivity contribution in [1.82, 2.24) is 19.0 Å². The van der Waals surface area contributed by atoms with Crippen LogP contribution < -0.4 is 32.8 Å². The van der Waals surface area contributed by atoms with Gasteiger partial charge in [0.05, 0.1) is 23.4 Å². The lowest BCUT2D eigenvalue weighted by Crippen LogP contribution is -2.41. The van der Waals surface area contributed by atoms with Crippen molar-refractivity contribution in [2.75, 3.05) is 24.2 Å². The van der Waals surface area contributed by atoms with Gasteiger partial charge in [-0.3, -0.25) is 28.1 Å². The Morgan fingerprint density at radius 3 is 2.46 bits per heavy atom. The van der Waals surface area contributed by atoms with E-state index >= 15 is 0 Å². The summed E-state index contributed by atoms with van der Waals surface area (Å²) in [5.41, 5.74) is 0.329. The van der Waals surface area contributed by atoms with Crippen LogP contribution in [0, 0.1) is 19.7 Å². The number of pyridine rings is 1. The first-order chi connectivity index (χ1) is 18.6. The lowest BCUT2D eigenvalue weighted by molar-refractivity contribution is -0.115. The number of fused-ring (bicyclic) bond motifs is 1. The number of halogens is 1. The van der Waals surface area contributed by atoms with Crippen LogP contribution in [0.3, 0.4) is 0 Å². The molecule has 2 heterocycles. The number of aromatic nitrogens is 3. The number of nitrogens with zero attached hydrogens (tertiary/aromatic N) is 3. The fourth-order valence-corrected chi connectivity index (χ4v) is 4.79. The van der Waals surface area contributed by atoms with Gasteiger partial charge in [-0.05, 0) is 69.6 Å². The Morgan fingerprint density at radius 1 is 1.05 bits per heavy atom. The molecule has 1 aliphatic rings. The second kappa shape index (κ2) is 9.99. The van der Waals surface area contributed by atoms with Gasteiger partial charge in [-0.1, -0.05) is 12.1 Å². The molecule has 1 fully saturated rings. The van der Waals surface area contributed by atoms with Crippen LogP contribution in [0.1, 0.15) is 30.0 Å². The second-order valence-electron chi connectivity index (χ2n) is 9.82. The molecule has 1 aliphatic carbocycles. The van der Waals surface area contributed by atoms with Crippen LogP contribution >= 0.6 is 0 Å². The molecule has 2 aromatic heterocycles. The van der Waals surface area contributed by atoms with Gasteiger partial charge in [0, 0.05) is 24.3 Å². The zero-order valence-electron chi connectivity index (χ0n) is 22.1. The lowest BCUT2D eigenvalue weighted by Gasteiger charge is -2.21. The van der Waals surface area contributed by atoms with E-state index in [-0.39, 0.29) is 46.5 Å². The highest BCUT2D eigenvalue weighted by Crippen LogP contribution is 2.34. The van der Waals surface area contributed by atoms with Gasteiger partial charge >= 0.3 is 5.69 Å². The topological polar surface area (TPSA) is 119 Å². The molecule has 202 valence electrons. The molecule has 11 heteroatoms. The molecule has 10 nitrogen and oxygen atoms in total. The third-order valence-electron chi connectivity index (χ3n) is 6.86. The number of anilines is 3. The molecule has 1 amide bonds. The number of carbonyl (C=O) groups excluding carboxylic acids is 1. The van der Waals surface area contributed by atoms with Gasteiger partial charge in [0.15, 0.2) is 0 Å². The number of likely N-dealkylation sites (N-methyl/N-ethyl adjacent to an activating group) is 1. The zero-order chi connectivity index (χ0) is 28.0.